The maximum atomic E-state index is 11.5. The molecule has 0 fully saturated rings. The zero-order valence-electron chi connectivity index (χ0n) is 14.6. The van der Waals surface area contributed by atoms with Gasteiger partial charge in [-0.05, 0) is 26.1 Å². The maximum Gasteiger partial charge on any atom is 0.175 e. The lowest BCUT2D eigenvalue weighted by molar-refractivity contribution is 0.265. The Labute approximate surface area is 153 Å². The van der Waals surface area contributed by atoms with Gasteiger partial charge >= 0.3 is 0 Å². The third kappa shape index (κ3) is 5.88. The van der Waals surface area contributed by atoms with E-state index in [0.29, 0.717) is 6.54 Å². The van der Waals surface area contributed by atoms with Crippen molar-refractivity contribution < 1.29 is 16.8 Å². The Bertz CT molecular complexity index is 932. The van der Waals surface area contributed by atoms with Gasteiger partial charge in [-0.1, -0.05) is 12.1 Å². The molecule has 2 aromatic rings. The second kappa shape index (κ2) is 7.53. The molecule has 0 aliphatic rings. The lowest BCUT2D eigenvalue weighted by Crippen LogP contribution is -2.34. The lowest BCUT2D eigenvalue weighted by Gasteiger charge is -2.22. The molecule has 0 amide bonds. The maximum absolute atomic E-state index is 11.5. The molecular weight excluding hydrogens is 380 g/mol. The average Bonchev–Trinajstić information content (AvgIpc) is 2.93. The topological polar surface area (TPSA) is 84.4 Å². The predicted molar refractivity (Wildman–Crippen MR) is 101 cm³/mol. The van der Waals surface area contributed by atoms with Crippen LogP contribution in [0.3, 0.4) is 0 Å². The van der Waals surface area contributed by atoms with E-state index in [9.17, 15) is 16.8 Å². The van der Waals surface area contributed by atoms with Gasteiger partial charge in [0.25, 0.3) is 0 Å². The molecule has 25 heavy (non-hydrogen) atoms. The summed E-state index contributed by atoms with van der Waals surface area (Å²) < 4.78 is 45.8. The molecule has 9 heteroatoms. The number of thiazole rings is 1. The normalized spacial score (nSPS) is 14.0. The third-order valence-electron chi connectivity index (χ3n) is 3.79. The first-order valence-corrected chi connectivity index (χ1v) is 12.4. The fourth-order valence-electron chi connectivity index (χ4n) is 2.33. The summed E-state index contributed by atoms with van der Waals surface area (Å²) in [5, 5.41) is 2.74. The average molecular weight is 403 g/mol. The summed E-state index contributed by atoms with van der Waals surface area (Å²) in [6.07, 6.45) is 2.41. The first-order chi connectivity index (χ1) is 11.5. The molecule has 6 nitrogen and oxygen atoms in total. The van der Waals surface area contributed by atoms with Crippen molar-refractivity contribution in [1.29, 1.82) is 0 Å². The molecule has 0 aliphatic heterocycles. The van der Waals surface area contributed by atoms with Crippen LogP contribution in [0.5, 0.6) is 0 Å². The van der Waals surface area contributed by atoms with E-state index < -0.39 is 19.7 Å². The van der Waals surface area contributed by atoms with Crippen LogP contribution in [0.2, 0.25) is 0 Å². The summed E-state index contributed by atoms with van der Waals surface area (Å²) in [5.74, 6) is 0.105. The van der Waals surface area contributed by atoms with Gasteiger partial charge in [0, 0.05) is 36.0 Å². The van der Waals surface area contributed by atoms with Crippen LogP contribution in [-0.2, 0) is 26.2 Å². The standard InChI is InChI=1S/C16H22N2O4S3/c1-12(11-24(3,19)20)18(2)9-14-10-23-16(17-14)13-5-7-15(8-6-13)25(4,21)22/h5-8,10,12H,9,11H2,1-4H3. The number of sulfone groups is 2. The number of nitrogens with zero attached hydrogens (tertiary/aromatic N) is 2. The minimum atomic E-state index is -3.21. The molecular formula is C16H22N2O4S3. The quantitative estimate of drug-likeness (QED) is 0.705. The van der Waals surface area contributed by atoms with Crippen molar-refractivity contribution in [2.24, 2.45) is 0 Å². The van der Waals surface area contributed by atoms with Crippen LogP contribution in [0, 0.1) is 0 Å². The third-order valence-corrected chi connectivity index (χ3v) is 6.95. The van der Waals surface area contributed by atoms with Crippen molar-refractivity contribution in [3.63, 3.8) is 0 Å². The monoisotopic (exact) mass is 402 g/mol. The highest BCUT2D eigenvalue weighted by Crippen LogP contribution is 2.25. The molecule has 2 rings (SSSR count). The van der Waals surface area contributed by atoms with Gasteiger partial charge in [-0.3, -0.25) is 4.90 Å². The summed E-state index contributed by atoms with van der Waals surface area (Å²) in [5.41, 5.74) is 1.71. The fraction of sp³-hybridized carbons (Fsp3) is 0.438. The number of hydrogen-bond donors (Lipinski definition) is 0. The predicted octanol–water partition coefficient (Wildman–Crippen LogP) is 2.08. The second-order valence-electron chi connectivity index (χ2n) is 6.30. The van der Waals surface area contributed by atoms with Crippen LogP contribution in [0.15, 0.2) is 34.5 Å². The van der Waals surface area contributed by atoms with Crippen LogP contribution < -0.4 is 0 Å². The first kappa shape index (κ1) is 20.0. The first-order valence-electron chi connectivity index (χ1n) is 7.58. The van der Waals surface area contributed by atoms with E-state index in [2.05, 4.69) is 4.98 Å². The van der Waals surface area contributed by atoms with Gasteiger partial charge in [0.1, 0.15) is 14.8 Å². The van der Waals surface area contributed by atoms with E-state index in [4.69, 9.17) is 0 Å². The number of benzene rings is 1. The molecule has 0 saturated heterocycles. The molecule has 0 saturated carbocycles. The van der Waals surface area contributed by atoms with E-state index in [1.807, 2.05) is 24.3 Å². The van der Waals surface area contributed by atoms with Crippen LogP contribution in [-0.4, -0.2) is 58.1 Å². The van der Waals surface area contributed by atoms with E-state index in [1.54, 1.807) is 24.3 Å². The molecule has 0 spiro atoms. The highest BCUT2D eigenvalue weighted by Gasteiger charge is 2.17. The molecule has 1 unspecified atom stereocenters. The molecule has 1 heterocycles. The highest BCUT2D eigenvalue weighted by molar-refractivity contribution is 7.91. The van der Waals surface area contributed by atoms with E-state index in [0.717, 1.165) is 16.3 Å². The van der Waals surface area contributed by atoms with Crippen LogP contribution in [0.1, 0.15) is 12.6 Å². The van der Waals surface area contributed by atoms with Crippen molar-refractivity contribution in [2.75, 3.05) is 25.3 Å². The molecule has 1 aromatic carbocycles. The van der Waals surface area contributed by atoms with Gasteiger partial charge < -0.3 is 0 Å². The van der Waals surface area contributed by atoms with Crippen LogP contribution >= 0.6 is 11.3 Å². The van der Waals surface area contributed by atoms with E-state index in [-0.39, 0.29) is 16.7 Å². The van der Waals surface area contributed by atoms with Gasteiger partial charge in [-0.25, -0.2) is 21.8 Å². The SMILES string of the molecule is CC(CS(C)(=O)=O)N(C)Cc1csc(-c2ccc(S(C)(=O)=O)cc2)n1. The van der Waals surface area contributed by atoms with Crippen molar-refractivity contribution in [3.05, 3.63) is 35.3 Å². The molecule has 0 radical (unpaired) electrons. The smallest absolute Gasteiger partial charge is 0.175 e. The molecule has 0 N–H and O–H groups in total. The zero-order chi connectivity index (χ0) is 18.8. The van der Waals surface area contributed by atoms with Crippen molar-refractivity contribution >= 4 is 31.0 Å². The Morgan fingerprint density at radius 3 is 2.24 bits per heavy atom. The Morgan fingerprint density at radius 1 is 1.12 bits per heavy atom. The van der Waals surface area contributed by atoms with Crippen molar-refractivity contribution in [1.82, 2.24) is 9.88 Å². The van der Waals surface area contributed by atoms with Crippen molar-refractivity contribution in [3.8, 4) is 10.6 Å². The van der Waals surface area contributed by atoms with Gasteiger partial charge in [-0.2, -0.15) is 0 Å². The highest BCUT2D eigenvalue weighted by atomic mass is 32.2. The molecule has 0 bridgehead atoms. The minimum Gasteiger partial charge on any atom is -0.297 e. The van der Waals surface area contributed by atoms with E-state index in [1.165, 1.54) is 23.8 Å². The van der Waals surface area contributed by atoms with Crippen molar-refractivity contribution in [2.45, 2.75) is 24.4 Å². The Kier molecular flexibility index (Phi) is 6.03. The van der Waals surface area contributed by atoms with Gasteiger partial charge in [0.05, 0.1) is 16.3 Å². The van der Waals surface area contributed by atoms with Crippen LogP contribution in [0.4, 0.5) is 0 Å². The number of aromatic nitrogens is 1. The van der Waals surface area contributed by atoms with E-state index >= 15 is 0 Å². The fourth-order valence-corrected chi connectivity index (χ4v) is 4.91. The Morgan fingerprint density at radius 2 is 1.72 bits per heavy atom. The molecule has 0 aliphatic carbocycles. The number of rotatable bonds is 7. The summed E-state index contributed by atoms with van der Waals surface area (Å²) in [6, 6.07) is 6.54. The largest absolute Gasteiger partial charge is 0.297 e. The minimum absolute atomic E-state index is 0.103. The Balaban J connectivity index is 2.09. The van der Waals surface area contributed by atoms with Gasteiger partial charge in [-0.15, -0.1) is 11.3 Å². The summed E-state index contributed by atoms with van der Waals surface area (Å²) in [6.45, 7) is 2.42. The lowest BCUT2D eigenvalue weighted by atomic mass is 10.2. The van der Waals surface area contributed by atoms with Crippen LogP contribution in [0.25, 0.3) is 10.6 Å². The second-order valence-corrected chi connectivity index (χ2v) is 11.4. The zero-order valence-corrected chi connectivity index (χ0v) is 17.1. The summed E-state index contributed by atoms with van der Waals surface area (Å²) in [7, 11) is -4.36. The molecule has 1 aromatic heterocycles. The molecule has 1 atom stereocenters. The summed E-state index contributed by atoms with van der Waals surface area (Å²) in [4.78, 5) is 6.80. The Hall–Kier alpha value is -1.29. The molecule has 138 valence electrons. The number of hydrogen-bond acceptors (Lipinski definition) is 7. The summed E-state index contributed by atoms with van der Waals surface area (Å²) >= 11 is 1.48. The van der Waals surface area contributed by atoms with Gasteiger partial charge in [0.2, 0.25) is 0 Å². The van der Waals surface area contributed by atoms with Gasteiger partial charge in [0.15, 0.2) is 9.84 Å².